The molecule has 23 heavy (non-hydrogen) atoms. The third-order valence-corrected chi connectivity index (χ3v) is 4.05. The fraction of sp³-hybridized carbons (Fsp3) is 0.667. The molecule has 1 aliphatic heterocycles. The van der Waals surface area contributed by atoms with E-state index < -0.39 is 0 Å². The summed E-state index contributed by atoms with van der Waals surface area (Å²) in [5.41, 5.74) is 1.28. The van der Waals surface area contributed by atoms with Crippen molar-refractivity contribution in [3.63, 3.8) is 0 Å². The lowest BCUT2D eigenvalue weighted by molar-refractivity contribution is -0.908. The predicted octanol–water partition coefficient (Wildman–Crippen LogP) is 0.958. The average molecular weight is 324 g/mol. The van der Waals surface area contributed by atoms with Gasteiger partial charge >= 0.3 is 0 Å². The summed E-state index contributed by atoms with van der Waals surface area (Å²) in [6, 6.07) is 6.15. The standard InChI is InChI=1S/C18H29NO4/c1-3-4-16-5-6-17(18(15-16)20-2)23-14-13-22-12-9-19-7-10-21-11-8-19/h5-6,15H,3-4,7-14H2,1-2H3/p+1. The Morgan fingerprint density at radius 2 is 1.91 bits per heavy atom. The molecule has 1 aromatic carbocycles. The number of nitrogens with one attached hydrogen (secondary N) is 1. The second-order valence-electron chi connectivity index (χ2n) is 5.81. The van der Waals surface area contributed by atoms with E-state index in [4.69, 9.17) is 18.9 Å². The third-order valence-electron chi connectivity index (χ3n) is 4.05. The van der Waals surface area contributed by atoms with Gasteiger partial charge in [0, 0.05) is 0 Å². The van der Waals surface area contributed by atoms with Crippen molar-refractivity contribution in [1.82, 2.24) is 0 Å². The molecule has 1 heterocycles. The zero-order valence-corrected chi connectivity index (χ0v) is 14.4. The van der Waals surface area contributed by atoms with Crippen LogP contribution in [0.3, 0.4) is 0 Å². The second kappa shape index (κ2) is 10.5. The number of hydrogen-bond donors (Lipinski definition) is 1. The molecule has 130 valence electrons. The van der Waals surface area contributed by atoms with Crippen molar-refractivity contribution in [3.05, 3.63) is 23.8 Å². The van der Waals surface area contributed by atoms with Gasteiger partial charge in [-0.3, -0.25) is 0 Å². The van der Waals surface area contributed by atoms with E-state index in [1.54, 1.807) is 12.0 Å². The van der Waals surface area contributed by atoms with Crippen molar-refractivity contribution in [3.8, 4) is 11.5 Å². The topological polar surface area (TPSA) is 41.4 Å². The average Bonchev–Trinajstić information content (AvgIpc) is 2.60. The molecule has 5 heteroatoms. The first-order valence-corrected chi connectivity index (χ1v) is 8.62. The highest BCUT2D eigenvalue weighted by Crippen LogP contribution is 2.28. The molecule has 1 aliphatic rings. The highest BCUT2D eigenvalue weighted by Gasteiger charge is 2.12. The van der Waals surface area contributed by atoms with Crippen molar-refractivity contribution in [2.45, 2.75) is 19.8 Å². The minimum absolute atomic E-state index is 0.544. The number of aryl methyl sites for hydroxylation is 1. The Kier molecular flexibility index (Phi) is 8.21. The molecule has 0 amide bonds. The summed E-state index contributed by atoms with van der Waals surface area (Å²) in [7, 11) is 1.68. The van der Waals surface area contributed by atoms with Crippen LogP contribution in [0.25, 0.3) is 0 Å². The lowest BCUT2D eigenvalue weighted by atomic mass is 10.1. The zero-order chi connectivity index (χ0) is 16.3. The molecule has 0 unspecified atom stereocenters. The number of morpholine rings is 1. The Bertz CT molecular complexity index is 447. The van der Waals surface area contributed by atoms with Gasteiger partial charge < -0.3 is 23.8 Å². The number of benzene rings is 1. The number of quaternary nitrogens is 1. The van der Waals surface area contributed by atoms with E-state index in [1.165, 1.54) is 5.56 Å². The molecule has 1 aromatic rings. The highest BCUT2D eigenvalue weighted by molar-refractivity contribution is 5.43. The van der Waals surface area contributed by atoms with Crippen molar-refractivity contribution in [1.29, 1.82) is 0 Å². The lowest BCUT2D eigenvalue weighted by Gasteiger charge is -2.23. The minimum Gasteiger partial charge on any atom is -0.493 e. The first-order chi connectivity index (χ1) is 11.3. The van der Waals surface area contributed by atoms with Gasteiger partial charge in [0.1, 0.15) is 26.2 Å². The third kappa shape index (κ3) is 6.37. The summed E-state index contributed by atoms with van der Waals surface area (Å²) in [5, 5.41) is 0. The zero-order valence-electron chi connectivity index (χ0n) is 14.4. The maximum absolute atomic E-state index is 5.78. The molecule has 1 fully saturated rings. The molecule has 0 atom stereocenters. The van der Waals surface area contributed by atoms with Crippen LogP contribution in [0.1, 0.15) is 18.9 Å². The molecule has 1 saturated heterocycles. The molecule has 0 radical (unpaired) electrons. The SMILES string of the molecule is CCCc1ccc(OCCOCC[NH+]2CCOCC2)c(OC)c1. The van der Waals surface area contributed by atoms with Crippen LogP contribution in [0, 0.1) is 0 Å². The maximum Gasteiger partial charge on any atom is 0.161 e. The smallest absolute Gasteiger partial charge is 0.161 e. The van der Waals surface area contributed by atoms with Crippen LogP contribution >= 0.6 is 0 Å². The summed E-state index contributed by atoms with van der Waals surface area (Å²) in [5.74, 6) is 1.59. The largest absolute Gasteiger partial charge is 0.493 e. The molecule has 0 saturated carbocycles. The van der Waals surface area contributed by atoms with E-state index in [9.17, 15) is 0 Å². The van der Waals surface area contributed by atoms with Crippen LogP contribution in [0.5, 0.6) is 11.5 Å². The summed E-state index contributed by atoms with van der Waals surface area (Å²) < 4.78 is 22.2. The van der Waals surface area contributed by atoms with Crippen LogP contribution in [0.15, 0.2) is 18.2 Å². The van der Waals surface area contributed by atoms with Gasteiger partial charge in [0.05, 0.1) is 33.5 Å². The van der Waals surface area contributed by atoms with Gasteiger partial charge in [0.2, 0.25) is 0 Å². The number of hydrogen-bond acceptors (Lipinski definition) is 4. The Morgan fingerprint density at radius 3 is 2.65 bits per heavy atom. The van der Waals surface area contributed by atoms with E-state index in [-0.39, 0.29) is 0 Å². The fourth-order valence-electron chi connectivity index (χ4n) is 2.71. The van der Waals surface area contributed by atoms with Crippen LogP contribution in [0.2, 0.25) is 0 Å². The van der Waals surface area contributed by atoms with Crippen LogP contribution in [-0.2, 0) is 15.9 Å². The summed E-state index contributed by atoms with van der Waals surface area (Å²) in [6.07, 6.45) is 2.19. The molecule has 0 spiro atoms. The van der Waals surface area contributed by atoms with Crippen molar-refractivity contribution in [2.24, 2.45) is 0 Å². The van der Waals surface area contributed by atoms with Crippen LogP contribution < -0.4 is 14.4 Å². The van der Waals surface area contributed by atoms with Gasteiger partial charge in [-0.25, -0.2) is 0 Å². The molecule has 0 bridgehead atoms. The van der Waals surface area contributed by atoms with E-state index in [2.05, 4.69) is 19.1 Å². The summed E-state index contributed by atoms with van der Waals surface area (Å²) in [4.78, 5) is 1.56. The molecule has 0 aliphatic carbocycles. The van der Waals surface area contributed by atoms with Gasteiger partial charge in [0.25, 0.3) is 0 Å². The Balaban J connectivity index is 1.63. The fourth-order valence-corrected chi connectivity index (χ4v) is 2.71. The first-order valence-electron chi connectivity index (χ1n) is 8.62. The monoisotopic (exact) mass is 324 g/mol. The van der Waals surface area contributed by atoms with Gasteiger partial charge in [-0.2, -0.15) is 0 Å². The molecule has 5 nitrogen and oxygen atoms in total. The van der Waals surface area contributed by atoms with E-state index in [1.807, 2.05) is 6.07 Å². The van der Waals surface area contributed by atoms with E-state index in [0.717, 1.165) is 63.8 Å². The molecular formula is C18H30NO4+. The van der Waals surface area contributed by atoms with Gasteiger partial charge in [0.15, 0.2) is 11.5 Å². The van der Waals surface area contributed by atoms with E-state index >= 15 is 0 Å². The van der Waals surface area contributed by atoms with Crippen molar-refractivity contribution >= 4 is 0 Å². The molecule has 1 N–H and O–H groups in total. The number of rotatable bonds is 10. The van der Waals surface area contributed by atoms with Crippen molar-refractivity contribution in [2.75, 3.05) is 59.8 Å². The predicted molar refractivity (Wildman–Crippen MR) is 89.7 cm³/mol. The van der Waals surface area contributed by atoms with E-state index in [0.29, 0.717) is 13.2 Å². The Morgan fingerprint density at radius 1 is 1.09 bits per heavy atom. The first kappa shape index (κ1) is 18.0. The second-order valence-corrected chi connectivity index (χ2v) is 5.81. The number of ether oxygens (including phenoxy) is 4. The lowest BCUT2D eigenvalue weighted by Crippen LogP contribution is -3.14. The maximum atomic E-state index is 5.78. The molecule has 0 aromatic heterocycles. The summed E-state index contributed by atoms with van der Waals surface area (Å²) >= 11 is 0. The molecule has 2 rings (SSSR count). The van der Waals surface area contributed by atoms with Crippen molar-refractivity contribution < 1.29 is 23.8 Å². The normalized spacial score (nSPS) is 15.6. The summed E-state index contributed by atoms with van der Waals surface area (Å²) in [6.45, 7) is 9.03. The van der Waals surface area contributed by atoms with Gasteiger partial charge in [-0.15, -0.1) is 0 Å². The molecular weight excluding hydrogens is 294 g/mol. The quantitative estimate of drug-likeness (QED) is 0.651. The van der Waals surface area contributed by atoms with Crippen LogP contribution in [-0.4, -0.2) is 59.8 Å². The highest BCUT2D eigenvalue weighted by atomic mass is 16.5. The minimum atomic E-state index is 0.544. The van der Waals surface area contributed by atoms with Gasteiger partial charge in [-0.05, 0) is 24.1 Å². The van der Waals surface area contributed by atoms with Crippen LogP contribution in [0.4, 0.5) is 0 Å². The number of methoxy groups -OCH3 is 1. The Hall–Kier alpha value is -1.30. The Labute approximate surface area is 139 Å². The van der Waals surface area contributed by atoms with Gasteiger partial charge in [-0.1, -0.05) is 19.4 Å².